The predicted octanol–water partition coefficient (Wildman–Crippen LogP) is 1.77. The number of aromatic carboxylic acids is 1. The lowest BCUT2D eigenvalue weighted by atomic mass is 10.1. The molecule has 1 N–H and O–H groups in total. The average molecular weight is 243 g/mol. The van der Waals surface area contributed by atoms with Crippen LogP contribution in [0.3, 0.4) is 0 Å². The third-order valence-electron chi connectivity index (χ3n) is 2.74. The molecule has 0 radical (unpaired) electrons. The van der Waals surface area contributed by atoms with E-state index < -0.39 is 5.97 Å². The van der Waals surface area contributed by atoms with Crippen LogP contribution in [0.25, 0.3) is 10.9 Å². The molecule has 1 aromatic carbocycles. The van der Waals surface area contributed by atoms with Gasteiger partial charge in [0.2, 0.25) is 6.39 Å². The molecule has 0 saturated carbocycles. The van der Waals surface area contributed by atoms with Gasteiger partial charge in [-0.25, -0.2) is 4.79 Å². The Morgan fingerprint density at radius 3 is 3.00 bits per heavy atom. The van der Waals surface area contributed by atoms with Gasteiger partial charge in [0.1, 0.15) is 0 Å². The van der Waals surface area contributed by atoms with Crippen molar-refractivity contribution in [1.29, 1.82) is 0 Å². The fourth-order valence-corrected chi connectivity index (χ4v) is 1.89. The van der Waals surface area contributed by atoms with Crippen LogP contribution in [0.15, 0.2) is 41.4 Å². The van der Waals surface area contributed by atoms with Crippen molar-refractivity contribution in [3.8, 4) is 0 Å². The lowest BCUT2D eigenvalue weighted by molar-refractivity contribution is 0.0697. The summed E-state index contributed by atoms with van der Waals surface area (Å²) in [5.41, 5.74) is 1.21. The van der Waals surface area contributed by atoms with E-state index in [1.807, 2.05) is 16.8 Å². The number of fused-ring (bicyclic) bond motifs is 1. The maximum Gasteiger partial charge on any atom is 0.335 e. The van der Waals surface area contributed by atoms with E-state index in [4.69, 9.17) is 5.11 Å². The summed E-state index contributed by atoms with van der Waals surface area (Å²) in [5.74, 6) is -0.349. The molecule has 2 aromatic heterocycles. The van der Waals surface area contributed by atoms with Crippen LogP contribution in [-0.2, 0) is 6.54 Å². The normalized spacial score (nSPS) is 10.9. The molecule has 0 saturated heterocycles. The monoisotopic (exact) mass is 243 g/mol. The molecule has 3 rings (SSSR count). The number of hydrogen-bond acceptors (Lipinski definition) is 4. The zero-order chi connectivity index (χ0) is 12.5. The first-order valence-corrected chi connectivity index (χ1v) is 5.31. The summed E-state index contributed by atoms with van der Waals surface area (Å²) in [7, 11) is 0. The van der Waals surface area contributed by atoms with Crippen molar-refractivity contribution in [2.24, 2.45) is 0 Å². The number of rotatable bonds is 3. The van der Waals surface area contributed by atoms with Gasteiger partial charge < -0.3 is 14.2 Å². The highest BCUT2D eigenvalue weighted by Gasteiger charge is 2.08. The van der Waals surface area contributed by atoms with Gasteiger partial charge in [-0.2, -0.15) is 4.98 Å². The first-order chi connectivity index (χ1) is 8.74. The molecule has 0 aliphatic rings. The molecule has 0 spiro atoms. The van der Waals surface area contributed by atoms with Gasteiger partial charge in [-0.05, 0) is 24.3 Å². The third-order valence-corrected chi connectivity index (χ3v) is 2.74. The minimum Gasteiger partial charge on any atom is -0.478 e. The van der Waals surface area contributed by atoms with Crippen LogP contribution in [0, 0.1) is 0 Å². The summed E-state index contributed by atoms with van der Waals surface area (Å²) in [6.07, 6.45) is 3.15. The summed E-state index contributed by atoms with van der Waals surface area (Å²) in [6.45, 7) is 0.492. The zero-order valence-electron chi connectivity index (χ0n) is 9.28. The molecule has 0 unspecified atom stereocenters. The highest BCUT2D eigenvalue weighted by Crippen LogP contribution is 2.18. The maximum absolute atomic E-state index is 10.9. The Morgan fingerprint density at radius 1 is 1.39 bits per heavy atom. The van der Waals surface area contributed by atoms with E-state index in [1.165, 1.54) is 6.39 Å². The number of hydrogen-bond donors (Lipinski definition) is 1. The summed E-state index contributed by atoms with van der Waals surface area (Å²) >= 11 is 0. The zero-order valence-corrected chi connectivity index (χ0v) is 9.28. The second-order valence-electron chi connectivity index (χ2n) is 3.87. The van der Waals surface area contributed by atoms with Gasteiger partial charge in [0.25, 0.3) is 0 Å². The Hall–Kier alpha value is -2.63. The Morgan fingerprint density at radius 2 is 2.28 bits per heavy atom. The molecule has 0 aliphatic heterocycles. The van der Waals surface area contributed by atoms with Crippen LogP contribution in [0.4, 0.5) is 0 Å². The van der Waals surface area contributed by atoms with Gasteiger partial charge in [-0.15, -0.1) is 0 Å². The molecule has 6 nitrogen and oxygen atoms in total. The number of nitrogens with zero attached hydrogens (tertiary/aromatic N) is 3. The van der Waals surface area contributed by atoms with E-state index in [9.17, 15) is 4.79 Å². The summed E-state index contributed by atoms with van der Waals surface area (Å²) in [4.78, 5) is 14.8. The standard InChI is InChI=1S/C12H9N3O3/c16-12(17)9-1-2-10-8(5-9)3-4-15(10)6-11-13-7-18-14-11/h1-5,7H,6H2,(H,16,17). The lowest BCUT2D eigenvalue weighted by Gasteiger charge is -2.02. The van der Waals surface area contributed by atoms with Crippen LogP contribution >= 0.6 is 0 Å². The second kappa shape index (κ2) is 3.99. The Bertz CT molecular complexity index is 701. The van der Waals surface area contributed by atoms with Crippen molar-refractivity contribution < 1.29 is 14.4 Å². The van der Waals surface area contributed by atoms with Gasteiger partial charge in [0.05, 0.1) is 12.1 Å². The van der Waals surface area contributed by atoms with E-state index in [0.717, 1.165) is 10.9 Å². The molecule has 0 bridgehead atoms. The first-order valence-electron chi connectivity index (χ1n) is 5.31. The van der Waals surface area contributed by atoms with Crippen LogP contribution in [0.2, 0.25) is 0 Å². The molecule has 0 fully saturated rings. The van der Waals surface area contributed by atoms with Crippen molar-refractivity contribution in [2.45, 2.75) is 6.54 Å². The molecular formula is C12H9N3O3. The van der Waals surface area contributed by atoms with Crippen molar-refractivity contribution >= 4 is 16.9 Å². The Labute approximate surface area is 101 Å². The van der Waals surface area contributed by atoms with Crippen LogP contribution < -0.4 is 0 Å². The molecule has 0 atom stereocenters. The fourth-order valence-electron chi connectivity index (χ4n) is 1.89. The smallest absolute Gasteiger partial charge is 0.335 e. The molecule has 6 heteroatoms. The minimum atomic E-state index is -0.928. The average Bonchev–Trinajstić information content (AvgIpc) is 2.99. The third kappa shape index (κ3) is 1.73. The number of carbonyl (C=O) groups is 1. The van der Waals surface area contributed by atoms with E-state index in [1.54, 1.807) is 18.2 Å². The minimum absolute atomic E-state index is 0.278. The summed E-state index contributed by atoms with van der Waals surface area (Å²) in [6, 6.07) is 6.86. The van der Waals surface area contributed by atoms with Gasteiger partial charge >= 0.3 is 5.97 Å². The molecule has 2 heterocycles. The fraction of sp³-hybridized carbons (Fsp3) is 0.0833. The number of benzene rings is 1. The number of aromatic nitrogens is 3. The van der Waals surface area contributed by atoms with Gasteiger partial charge in [0.15, 0.2) is 5.82 Å². The molecule has 18 heavy (non-hydrogen) atoms. The van der Waals surface area contributed by atoms with Crippen molar-refractivity contribution in [3.63, 3.8) is 0 Å². The van der Waals surface area contributed by atoms with E-state index >= 15 is 0 Å². The summed E-state index contributed by atoms with van der Waals surface area (Å²) < 4.78 is 6.61. The van der Waals surface area contributed by atoms with Crippen molar-refractivity contribution in [2.75, 3.05) is 0 Å². The molecule has 0 amide bonds. The molecule has 3 aromatic rings. The molecular weight excluding hydrogens is 234 g/mol. The Balaban J connectivity index is 2.02. The van der Waals surface area contributed by atoms with Crippen molar-refractivity contribution in [3.05, 3.63) is 48.2 Å². The Kier molecular flexibility index (Phi) is 2.33. The molecule has 0 aliphatic carbocycles. The van der Waals surface area contributed by atoms with Gasteiger partial charge in [-0.1, -0.05) is 5.16 Å². The number of carboxylic acids is 1. The quantitative estimate of drug-likeness (QED) is 0.758. The van der Waals surface area contributed by atoms with Crippen LogP contribution in [0.1, 0.15) is 16.2 Å². The summed E-state index contributed by atoms with van der Waals surface area (Å²) in [5, 5.41) is 13.5. The predicted molar refractivity (Wildman–Crippen MR) is 62.3 cm³/mol. The molecule has 90 valence electrons. The highest BCUT2D eigenvalue weighted by atomic mass is 16.5. The van der Waals surface area contributed by atoms with Gasteiger partial charge in [-0.3, -0.25) is 0 Å². The van der Waals surface area contributed by atoms with Gasteiger partial charge in [0, 0.05) is 17.1 Å². The van der Waals surface area contributed by atoms with E-state index in [0.29, 0.717) is 12.4 Å². The van der Waals surface area contributed by atoms with Crippen LogP contribution in [0.5, 0.6) is 0 Å². The topological polar surface area (TPSA) is 81.1 Å². The second-order valence-corrected chi connectivity index (χ2v) is 3.87. The van der Waals surface area contributed by atoms with Crippen molar-refractivity contribution in [1.82, 2.24) is 14.7 Å². The highest BCUT2D eigenvalue weighted by molar-refractivity contribution is 5.93. The van der Waals surface area contributed by atoms with E-state index in [-0.39, 0.29) is 5.56 Å². The maximum atomic E-state index is 10.9. The lowest BCUT2D eigenvalue weighted by Crippen LogP contribution is -2.00. The largest absolute Gasteiger partial charge is 0.478 e. The van der Waals surface area contributed by atoms with Crippen LogP contribution in [-0.4, -0.2) is 25.8 Å². The SMILES string of the molecule is O=C(O)c1ccc2c(ccn2Cc2ncon2)c1. The van der Waals surface area contributed by atoms with E-state index in [2.05, 4.69) is 14.7 Å². The number of carboxylic acid groups (broad SMARTS) is 1. The first kappa shape index (κ1) is 10.5.